The van der Waals surface area contributed by atoms with Crippen LogP contribution in [-0.2, 0) is 14.4 Å². The summed E-state index contributed by atoms with van der Waals surface area (Å²) in [6.45, 7) is 1.39. The van der Waals surface area contributed by atoms with E-state index in [1.54, 1.807) is 36.5 Å². The molecule has 8 nitrogen and oxygen atoms in total. The number of H-pyrrole nitrogens is 2. The number of ketones is 2. The number of nitrogens with one attached hydrogen (secondary N) is 2. The molecule has 2 aromatic heterocycles. The zero-order valence-corrected chi connectivity index (χ0v) is 19.1. The monoisotopic (exact) mass is 500 g/mol. The number of aliphatic hydroxyl groups excluding tert-OH is 2. The molecule has 0 bridgehead atoms. The first-order chi connectivity index (χ1) is 16.1. The molecule has 5 N–H and O–H groups in total. The number of halogens is 2. The molecule has 10 heteroatoms. The van der Waals surface area contributed by atoms with Gasteiger partial charge in [-0.3, -0.25) is 9.59 Å². The van der Waals surface area contributed by atoms with Crippen LogP contribution in [0.25, 0.3) is 33.3 Å². The Morgan fingerprint density at radius 3 is 1.62 bits per heavy atom. The van der Waals surface area contributed by atoms with Gasteiger partial charge in [0.2, 0.25) is 0 Å². The molecule has 0 aliphatic heterocycles. The van der Waals surface area contributed by atoms with Crippen LogP contribution in [0.5, 0.6) is 0 Å². The van der Waals surface area contributed by atoms with E-state index in [9.17, 15) is 24.6 Å². The summed E-state index contributed by atoms with van der Waals surface area (Å²) in [6.07, 6.45) is 4.97. The van der Waals surface area contributed by atoms with Crippen molar-refractivity contribution in [3.8, 4) is 0 Å². The van der Waals surface area contributed by atoms with Gasteiger partial charge in [0.15, 0.2) is 5.78 Å². The summed E-state index contributed by atoms with van der Waals surface area (Å²) in [4.78, 5) is 38.1. The number of aliphatic carboxylic acids is 1. The third-order valence-corrected chi connectivity index (χ3v) is 5.13. The molecule has 2 heterocycles. The second-order valence-corrected chi connectivity index (χ2v) is 8.00. The van der Waals surface area contributed by atoms with E-state index in [4.69, 9.17) is 28.3 Å². The number of carbonyl (C=O) groups is 3. The lowest BCUT2D eigenvalue weighted by Gasteiger charge is -1.98. The quantitative estimate of drug-likeness (QED) is 0.135. The molecule has 4 aromatic rings. The summed E-state index contributed by atoms with van der Waals surface area (Å²) in [7, 11) is 0. The summed E-state index contributed by atoms with van der Waals surface area (Å²) in [5, 5.41) is 30.4. The predicted octanol–water partition coefficient (Wildman–Crippen LogP) is 5.68. The lowest BCUT2D eigenvalue weighted by atomic mass is 10.1. The van der Waals surface area contributed by atoms with Gasteiger partial charge in [-0.05, 0) is 43.3 Å². The normalized spacial score (nSPS) is 11.9. The molecular weight excluding hydrogens is 483 g/mol. The molecule has 34 heavy (non-hydrogen) atoms. The number of benzene rings is 2. The summed E-state index contributed by atoms with van der Waals surface area (Å²) in [5.41, 5.74) is 2.48. The van der Waals surface area contributed by atoms with Gasteiger partial charge >= 0.3 is 5.97 Å². The fourth-order valence-corrected chi connectivity index (χ4v) is 3.49. The Balaban J connectivity index is 0.000000192. The molecule has 4 rings (SSSR count). The number of aliphatic hydroxyl groups is 2. The fraction of sp³-hybridized carbons (Fsp3) is 0.0417. The van der Waals surface area contributed by atoms with Crippen LogP contribution < -0.4 is 0 Å². The van der Waals surface area contributed by atoms with Crippen LogP contribution in [0.15, 0.2) is 60.9 Å². The minimum absolute atomic E-state index is 0.0546. The van der Waals surface area contributed by atoms with Crippen LogP contribution in [0, 0.1) is 0 Å². The van der Waals surface area contributed by atoms with Gasteiger partial charge in [0.25, 0.3) is 5.78 Å². The third-order valence-electron chi connectivity index (χ3n) is 4.66. The standard InChI is InChI=1S/C12H8ClNO4.C12H10ClNO2/c13-6-1-2-9-7(3-6)8(5-14-9)10(15)4-11(16)12(17)18;1-7(15)4-12(16)10-6-14-11-3-2-8(13)5-9(10)11/h1-5,14-15H,(H,17,18);2-6,14,16H,1H3. The molecule has 0 aliphatic rings. The first-order valence-corrected chi connectivity index (χ1v) is 10.5. The lowest BCUT2D eigenvalue weighted by Crippen LogP contribution is -2.09. The first kappa shape index (κ1) is 24.6. The van der Waals surface area contributed by atoms with E-state index in [2.05, 4.69) is 9.97 Å². The lowest BCUT2D eigenvalue weighted by molar-refractivity contribution is -0.146. The number of hydrogen-bond donors (Lipinski definition) is 5. The molecule has 0 amide bonds. The van der Waals surface area contributed by atoms with Gasteiger partial charge in [-0.25, -0.2) is 4.79 Å². The molecule has 0 atom stereocenters. The number of hydrogen-bond acceptors (Lipinski definition) is 5. The van der Waals surface area contributed by atoms with E-state index < -0.39 is 17.5 Å². The number of carboxylic acid groups (broad SMARTS) is 1. The van der Waals surface area contributed by atoms with Gasteiger partial charge < -0.3 is 25.3 Å². The maximum atomic E-state index is 11.0. The predicted molar refractivity (Wildman–Crippen MR) is 131 cm³/mol. The maximum absolute atomic E-state index is 11.0. The summed E-state index contributed by atoms with van der Waals surface area (Å²) < 4.78 is 0. The Hall–Kier alpha value is -4.01. The molecule has 0 spiro atoms. The third kappa shape index (κ3) is 5.67. The average molecular weight is 501 g/mol. The van der Waals surface area contributed by atoms with Crippen LogP contribution >= 0.6 is 23.2 Å². The van der Waals surface area contributed by atoms with Gasteiger partial charge in [-0.2, -0.15) is 0 Å². The van der Waals surface area contributed by atoms with E-state index in [-0.39, 0.29) is 11.5 Å². The van der Waals surface area contributed by atoms with E-state index in [0.717, 1.165) is 16.4 Å². The van der Waals surface area contributed by atoms with E-state index in [0.29, 0.717) is 32.6 Å². The second-order valence-electron chi connectivity index (χ2n) is 7.12. The number of carboxylic acids is 1. The largest absolute Gasteiger partial charge is 0.507 e. The number of fused-ring (bicyclic) bond motifs is 2. The zero-order valence-electron chi connectivity index (χ0n) is 17.6. The van der Waals surface area contributed by atoms with Gasteiger partial charge in [0.05, 0.1) is 0 Å². The Morgan fingerprint density at radius 2 is 1.21 bits per heavy atom. The summed E-state index contributed by atoms with van der Waals surface area (Å²) in [5.74, 6) is -3.49. The molecule has 0 aliphatic carbocycles. The number of carbonyl (C=O) groups excluding carboxylic acids is 2. The molecule has 0 saturated heterocycles. The highest BCUT2D eigenvalue weighted by Crippen LogP contribution is 2.27. The molecular formula is C24H18Cl2N2O6. The minimum Gasteiger partial charge on any atom is -0.507 e. The maximum Gasteiger partial charge on any atom is 0.376 e. The summed E-state index contributed by atoms with van der Waals surface area (Å²) >= 11 is 11.7. The van der Waals surface area contributed by atoms with Crippen molar-refractivity contribution in [3.05, 3.63) is 82.1 Å². The summed E-state index contributed by atoms with van der Waals surface area (Å²) in [6, 6.07) is 10.3. The van der Waals surface area contributed by atoms with Crippen molar-refractivity contribution in [2.24, 2.45) is 0 Å². The number of aromatic nitrogens is 2. The smallest absolute Gasteiger partial charge is 0.376 e. The highest BCUT2D eigenvalue weighted by atomic mass is 35.5. The van der Waals surface area contributed by atoms with Gasteiger partial charge in [-0.1, -0.05) is 23.2 Å². The number of aromatic amines is 2. The van der Waals surface area contributed by atoms with E-state index in [1.807, 2.05) is 6.07 Å². The van der Waals surface area contributed by atoms with Crippen LogP contribution in [-0.4, -0.2) is 42.8 Å². The molecule has 0 radical (unpaired) electrons. The highest BCUT2D eigenvalue weighted by Gasteiger charge is 2.13. The average Bonchev–Trinajstić information content (AvgIpc) is 3.37. The van der Waals surface area contributed by atoms with Crippen molar-refractivity contribution in [1.82, 2.24) is 9.97 Å². The van der Waals surface area contributed by atoms with Gasteiger partial charge in [0.1, 0.15) is 11.5 Å². The van der Waals surface area contributed by atoms with Crippen LogP contribution in [0.4, 0.5) is 0 Å². The van der Waals surface area contributed by atoms with E-state index >= 15 is 0 Å². The van der Waals surface area contributed by atoms with Crippen molar-refractivity contribution in [1.29, 1.82) is 0 Å². The van der Waals surface area contributed by atoms with Crippen molar-refractivity contribution >= 4 is 74.1 Å². The molecule has 174 valence electrons. The van der Waals surface area contributed by atoms with Crippen molar-refractivity contribution in [3.63, 3.8) is 0 Å². The Labute approximate surface area is 202 Å². The van der Waals surface area contributed by atoms with Crippen LogP contribution in [0.1, 0.15) is 18.1 Å². The Kier molecular flexibility index (Phi) is 7.45. The van der Waals surface area contributed by atoms with Crippen molar-refractivity contribution < 1.29 is 29.7 Å². The topological polar surface area (TPSA) is 143 Å². The van der Waals surface area contributed by atoms with Crippen LogP contribution in [0.3, 0.4) is 0 Å². The van der Waals surface area contributed by atoms with Crippen LogP contribution in [0.2, 0.25) is 10.0 Å². The Bertz CT molecular complexity index is 1480. The first-order valence-electron chi connectivity index (χ1n) is 9.70. The van der Waals surface area contributed by atoms with Gasteiger partial charge in [-0.15, -0.1) is 0 Å². The van der Waals surface area contributed by atoms with E-state index in [1.165, 1.54) is 19.2 Å². The number of allylic oxidation sites excluding steroid dienone is 1. The minimum atomic E-state index is -1.63. The molecule has 0 saturated carbocycles. The zero-order chi connectivity index (χ0) is 25.0. The Morgan fingerprint density at radius 1 is 0.765 bits per heavy atom. The fourth-order valence-electron chi connectivity index (χ4n) is 3.14. The van der Waals surface area contributed by atoms with Crippen molar-refractivity contribution in [2.45, 2.75) is 6.92 Å². The second kappa shape index (κ2) is 10.3. The molecule has 0 unspecified atom stereocenters. The highest BCUT2D eigenvalue weighted by molar-refractivity contribution is 6.38. The number of rotatable bonds is 5. The van der Waals surface area contributed by atoms with Gasteiger partial charge in [0, 0.05) is 67.5 Å². The SMILES string of the molecule is CC(=O)C=C(O)c1c[nH]c2ccc(Cl)cc12.O=C(O)C(=O)C=C(O)c1c[nH]c2ccc(Cl)cc12. The molecule has 2 aromatic carbocycles. The molecule has 0 fully saturated rings. The van der Waals surface area contributed by atoms with Crippen molar-refractivity contribution in [2.75, 3.05) is 0 Å².